The normalized spacial score (nSPS) is 11.3. The average Bonchev–Trinajstić information content (AvgIpc) is 3.38. The topological polar surface area (TPSA) is 76.0 Å². The first-order valence-corrected chi connectivity index (χ1v) is 18.0. The zero-order valence-electron chi connectivity index (χ0n) is 27.4. The quantitative estimate of drug-likeness (QED) is 0.0864. The van der Waals surface area contributed by atoms with E-state index in [4.69, 9.17) is 34.8 Å². The summed E-state index contributed by atoms with van der Waals surface area (Å²) in [7, 11) is 0. The number of carbonyl (C=O) groups is 2. The Morgan fingerprint density at radius 1 is 0.761 bits per heavy atom. The van der Waals surface area contributed by atoms with Gasteiger partial charge in [-0.15, -0.1) is 0 Å². The molecule has 2 aromatic carbocycles. The van der Waals surface area contributed by atoms with Crippen LogP contribution >= 0.6 is 34.8 Å². The summed E-state index contributed by atoms with van der Waals surface area (Å²) in [4.78, 5) is 25.5. The van der Waals surface area contributed by atoms with Gasteiger partial charge in [0, 0.05) is 40.7 Å². The second-order valence-electron chi connectivity index (χ2n) is 11.8. The van der Waals surface area contributed by atoms with E-state index in [0.29, 0.717) is 45.8 Å². The zero-order valence-corrected chi connectivity index (χ0v) is 29.6. The number of halogens is 3. The maximum Gasteiger partial charge on any atom is 0.272 e. The van der Waals surface area contributed by atoms with Gasteiger partial charge >= 0.3 is 0 Å². The number of rotatable bonds is 21. The third kappa shape index (κ3) is 12.8. The summed E-state index contributed by atoms with van der Waals surface area (Å²) in [5.41, 5.74) is 3.12. The number of aromatic nitrogens is 2. The van der Waals surface area contributed by atoms with Crippen molar-refractivity contribution >= 4 is 46.6 Å². The molecule has 1 heterocycles. The predicted molar refractivity (Wildman–Crippen MR) is 194 cm³/mol. The lowest BCUT2D eigenvalue weighted by Gasteiger charge is -2.11. The van der Waals surface area contributed by atoms with Gasteiger partial charge in [-0.3, -0.25) is 9.59 Å². The molecule has 0 unspecified atom stereocenters. The van der Waals surface area contributed by atoms with Gasteiger partial charge in [0.25, 0.3) is 5.91 Å². The molecule has 0 aliphatic rings. The minimum atomic E-state index is -0.331. The third-order valence-corrected chi connectivity index (χ3v) is 8.78. The maximum absolute atomic E-state index is 13.2. The first-order chi connectivity index (χ1) is 22.3. The molecule has 9 heteroatoms. The SMILES string of the molecule is CCCCCCCC/C=C/CCCCCCCC(=O)NCCNC(=O)c1nn(-c2ccc(Cl)cc2Cl)c(-c2ccc(Cl)cc2)c1C. The summed E-state index contributed by atoms with van der Waals surface area (Å²) in [5, 5.41) is 11.9. The molecule has 0 spiro atoms. The van der Waals surface area contributed by atoms with Crippen molar-refractivity contribution in [1.29, 1.82) is 0 Å². The van der Waals surface area contributed by atoms with E-state index in [1.807, 2.05) is 19.1 Å². The van der Waals surface area contributed by atoms with Crippen LogP contribution in [0.5, 0.6) is 0 Å². The lowest BCUT2D eigenvalue weighted by molar-refractivity contribution is -0.121. The van der Waals surface area contributed by atoms with Crippen LogP contribution in [0.15, 0.2) is 54.6 Å². The van der Waals surface area contributed by atoms with Gasteiger partial charge < -0.3 is 10.6 Å². The van der Waals surface area contributed by atoms with E-state index < -0.39 is 0 Å². The Kier molecular flexibility index (Phi) is 17.3. The molecule has 3 aromatic rings. The molecule has 0 saturated heterocycles. The molecule has 0 aliphatic heterocycles. The highest BCUT2D eigenvalue weighted by Gasteiger charge is 2.23. The van der Waals surface area contributed by atoms with E-state index in [1.54, 1.807) is 35.0 Å². The molecule has 3 rings (SSSR count). The van der Waals surface area contributed by atoms with Gasteiger partial charge in [-0.2, -0.15) is 5.10 Å². The van der Waals surface area contributed by atoms with E-state index in [9.17, 15) is 9.59 Å². The highest BCUT2D eigenvalue weighted by Crippen LogP contribution is 2.33. The number of carbonyl (C=O) groups excluding carboxylic acids is 2. The van der Waals surface area contributed by atoms with Crippen molar-refractivity contribution in [2.75, 3.05) is 13.1 Å². The van der Waals surface area contributed by atoms with Crippen LogP contribution in [0.3, 0.4) is 0 Å². The Balaban J connectivity index is 1.36. The first kappa shape index (κ1) is 37.7. The average molecular weight is 688 g/mol. The number of hydrogen-bond donors (Lipinski definition) is 2. The summed E-state index contributed by atoms with van der Waals surface area (Å²) in [6.45, 7) is 4.75. The molecule has 0 saturated carbocycles. The Morgan fingerprint density at radius 3 is 2.00 bits per heavy atom. The molecule has 0 bridgehead atoms. The van der Waals surface area contributed by atoms with Crippen LogP contribution in [-0.2, 0) is 4.79 Å². The third-order valence-electron chi connectivity index (χ3n) is 7.99. The van der Waals surface area contributed by atoms with E-state index in [0.717, 1.165) is 36.9 Å². The monoisotopic (exact) mass is 686 g/mol. The lowest BCUT2D eigenvalue weighted by Crippen LogP contribution is -2.35. The van der Waals surface area contributed by atoms with Gasteiger partial charge in [0.15, 0.2) is 5.69 Å². The van der Waals surface area contributed by atoms with E-state index in [2.05, 4.69) is 34.8 Å². The van der Waals surface area contributed by atoms with Gasteiger partial charge in [0.05, 0.1) is 16.4 Å². The minimum absolute atomic E-state index is 0.00902. The van der Waals surface area contributed by atoms with Crippen molar-refractivity contribution in [1.82, 2.24) is 20.4 Å². The van der Waals surface area contributed by atoms with Crippen molar-refractivity contribution in [2.24, 2.45) is 0 Å². The Hall–Kier alpha value is -2.80. The number of amides is 2. The summed E-state index contributed by atoms with van der Waals surface area (Å²) in [6.07, 6.45) is 21.1. The number of nitrogens with zero attached hydrogens (tertiary/aromatic N) is 2. The molecule has 0 radical (unpaired) electrons. The van der Waals surface area contributed by atoms with Crippen molar-refractivity contribution in [2.45, 2.75) is 104 Å². The van der Waals surface area contributed by atoms with E-state index >= 15 is 0 Å². The molecular weight excluding hydrogens is 639 g/mol. The fourth-order valence-corrected chi connectivity index (χ4v) is 6.01. The lowest BCUT2D eigenvalue weighted by atomic mass is 10.1. The molecule has 0 atom stereocenters. The molecule has 250 valence electrons. The molecule has 6 nitrogen and oxygen atoms in total. The van der Waals surface area contributed by atoms with Crippen molar-refractivity contribution in [3.05, 3.63) is 80.9 Å². The van der Waals surface area contributed by atoms with Crippen LogP contribution in [0.4, 0.5) is 0 Å². The fourth-order valence-electron chi connectivity index (χ4n) is 5.39. The van der Waals surface area contributed by atoms with Gasteiger partial charge in [0.2, 0.25) is 5.91 Å². The highest BCUT2D eigenvalue weighted by atomic mass is 35.5. The molecule has 46 heavy (non-hydrogen) atoms. The van der Waals surface area contributed by atoms with Gasteiger partial charge in [-0.05, 0) is 69.4 Å². The Labute approximate surface area is 290 Å². The van der Waals surface area contributed by atoms with Crippen LogP contribution in [0, 0.1) is 6.92 Å². The smallest absolute Gasteiger partial charge is 0.272 e. The highest BCUT2D eigenvalue weighted by molar-refractivity contribution is 6.35. The van der Waals surface area contributed by atoms with E-state index in [1.165, 1.54) is 57.8 Å². The molecule has 0 fully saturated rings. The standard InChI is InChI=1S/C37H49Cl3N4O2/c1-3-4-5-6-7-8-9-10-11-12-13-14-15-16-17-18-34(45)41-25-26-42-37(46)35-28(2)36(29-19-21-30(38)22-20-29)44(43-35)33-24-23-31(39)27-32(33)40/h10-11,19-24,27H,3-9,12-18,25-26H2,1-2H3,(H,41,45)(H,42,46)/b11-10+. The van der Waals surface area contributed by atoms with Crippen LogP contribution in [-0.4, -0.2) is 34.7 Å². The number of hydrogen-bond acceptors (Lipinski definition) is 3. The van der Waals surface area contributed by atoms with Crippen LogP contribution < -0.4 is 10.6 Å². The number of benzene rings is 2. The molecular formula is C37H49Cl3N4O2. The van der Waals surface area contributed by atoms with Gasteiger partial charge in [0.1, 0.15) is 0 Å². The van der Waals surface area contributed by atoms with E-state index in [-0.39, 0.29) is 17.5 Å². The molecule has 0 aliphatic carbocycles. The predicted octanol–water partition coefficient (Wildman–Crippen LogP) is 10.7. The van der Waals surface area contributed by atoms with Crippen LogP contribution in [0.2, 0.25) is 15.1 Å². The Bertz CT molecular complexity index is 1400. The van der Waals surface area contributed by atoms with Crippen LogP contribution in [0.1, 0.15) is 113 Å². The second-order valence-corrected chi connectivity index (χ2v) is 13.1. The van der Waals surface area contributed by atoms with Crippen molar-refractivity contribution in [3.8, 4) is 16.9 Å². The molecule has 1 aromatic heterocycles. The van der Waals surface area contributed by atoms with Gasteiger partial charge in [-0.25, -0.2) is 4.68 Å². The van der Waals surface area contributed by atoms with Crippen molar-refractivity contribution < 1.29 is 9.59 Å². The van der Waals surface area contributed by atoms with Gasteiger partial charge in [-0.1, -0.05) is 117 Å². The summed E-state index contributed by atoms with van der Waals surface area (Å²) in [6, 6.07) is 12.5. The second kappa shape index (κ2) is 21.1. The maximum atomic E-state index is 13.2. The summed E-state index contributed by atoms with van der Waals surface area (Å²) in [5.74, 6) is -0.321. The van der Waals surface area contributed by atoms with Crippen LogP contribution in [0.25, 0.3) is 16.9 Å². The first-order valence-electron chi connectivity index (χ1n) is 16.8. The number of unbranched alkanes of at least 4 members (excludes halogenated alkanes) is 11. The number of nitrogens with one attached hydrogen (secondary N) is 2. The summed E-state index contributed by atoms with van der Waals surface area (Å²) < 4.78 is 1.65. The minimum Gasteiger partial charge on any atom is -0.354 e. The zero-order chi connectivity index (χ0) is 33.1. The Morgan fingerprint density at radius 2 is 1.35 bits per heavy atom. The fraction of sp³-hybridized carbons (Fsp3) is 0.486. The summed E-state index contributed by atoms with van der Waals surface area (Å²) >= 11 is 18.8. The number of allylic oxidation sites excluding steroid dienone is 2. The van der Waals surface area contributed by atoms with Crippen molar-refractivity contribution in [3.63, 3.8) is 0 Å². The molecule has 2 N–H and O–H groups in total. The molecule has 2 amide bonds. The largest absolute Gasteiger partial charge is 0.354 e.